The molecular formula is C26H31FN4O2. The van der Waals surface area contributed by atoms with E-state index in [4.69, 9.17) is 9.97 Å². The van der Waals surface area contributed by atoms with Gasteiger partial charge in [0.2, 0.25) is 11.9 Å². The smallest absolute Gasteiger partial charge is 0.226 e. The van der Waals surface area contributed by atoms with Crippen LogP contribution in [0, 0.1) is 17.7 Å². The Labute approximate surface area is 194 Å². The van der Waals surface area contributed by atoms with Gasteiger partial charge in [0.05, 0.1) is 11.4 Å². The van der Waals surface area contributed by atoms with Gasteiger partial charge in [-0.1, -0.05) is 26.0 Å². The molecule has 3 atom stereocenters. The van der Waals surface area contributed by atoms with Crippen LogP contribution in [0.15, 0.2) is 24.3 Å². The summed E-state index contributed by atoms with van der Waals surface area (Å²) in [4.78, 5) is 38.3. The SMILES string of the molecule is CC(=O)N1CCN(c2nc(-c3ccccc3F)c3c(n2)[C@]2(C)CCC(=O)[C@H](C)[C@H]2CC3)CC1. The molecule has 0 radical (unpaired) electrons. The number of ketones is 1. The number of aromatic nitrogens is 2. The number of hydrogen-bond donors (Lipinski definition) is 0. The van der Waals surface area contributed by atoms with Crippen LogP contribution in [0.25, 0.3) is 11.3 Å². The summed E-state index contributed by atoms with van der Waals surface area (Å²) in [5.41, 5.74) is 2.94. The van der Waals surface area contributed by atoms with Gasteiger partial charge in [-0.25, -0.2) is 14.4 Å². The van der Waals surface area contributed by atoms with E-state index in [0.29, 0.717) is 55.6 Å². The van der Waals surface area contributed by atoms with E-state index in [1.807, 2.05) is 11.0 Å². The first-order valence-electron chi connectivity index (χ1n) is 12.0. The molecule has 0 spiro atoms. The number of fused-ring (bicyclic) bond motifs is 3. The van der Waals surface area contributed by atoms with E-state index in [1.54, 1.807) is 19.1 Å². The molecule has 7 heteroatoms. The average Bonchev–Trinajstić information content (AvgIpc) is 2.82. The van der Waals surface area contributed by atoms with Crippen molar-refractivity contribution in [2.45, 2.75) is 51.9 Å². The van der Waals surface area contributed by atoms with E-state index in [0.717, 1.165) is 30.5 Å². The Hall–Kier alpha value is -2.83. The number of rotatable bonds is 2. The molecule has 0 N–H and O–H groups in total. The zero-order valence-electron chi connectivity index (χ0n) is 19.6. The summed E-state index contributed by atoms with van der Waals surface area (Å²) in [5, 5.41) is 0. The first-order valence-corrected chi connectivity index (χ1v) is 12.0. The highest BCUT2D eigenvalue weighted by atomic mass is 19.1. The summed E-state index contributed by atoms with van der Waals surface area (Å²) in [7, 11) is 0. The number of hydrogen-bond acceptors (Lipinski definition) is 5. The zero-order valence-corrected chi connectivity index (χ0v) is 19.6. The second-order valence-corrected chi connectivity index (χ2v) is 9.99. The van der Waals surface area contributed by atoms with Crippen LogP contribution in [0.5, 0.6) is 0 Å². The normalized spacial score (nSPS) is 27.2. The molecule has 2 fully saturated rings. The Balaban J connectivity index is 1.63. The lowest BCUT2D eigenvalue weighted by Gasteiger charge is -2.48. The molecule has 2 aromatic rings. The highest BCUT2D eigenvalue weighted by Crippen LogP contribution is 2.52. The summed E-state index contributed by atoms with van der Waals surface area (Å²) >= 11 is 0. The van der Waals surface area contributed by atoms with Crippen molar-refractivity contribution < 1.29 is 14.0 Å². The second-order valence-electron chi connectivity index (χ2n) is 9.99. The summed E-state index contributed by atoms with van der Waals surface area (Å²) in [6, 6.07) is 6.80. The summed E-state index contributed by atoms with van der Waals surface area (Å²) in [6.45, 7) is 8.40. The van der Waals surface area contributed by atoms with Crippen LogP contribution in [-0.4, -0.2) is 52.7 Å². The summed E-state index contributed by atoms with van der Waals surface area (Å²) in [5.74, 6) is 0.962. The monoisotopic (exact) mass is 450 g/mol. The van der Waals surface area contributed by atoms with E-state index in [1.165, 1.54) is 6.07 Å². The average molecular weight is 451 g/mol. The minimum absolute atomic E-state index is 0.00587. The zero-order chi connectivity index (χ0) is 23.3. The maximum Gasteiger partial charge on any atom is 0.226 e. The highest BCUT2D eigenvalue weighted by molar-refractivity contribution is 5.83. The molecule has 6 nitrogen and oxygen atoms in total. The molecule has 1 aromatic heterocycles. The van der Waals surface area contributed by atoms with Gasteiger partial charge in [-0.05, 0) is 37.3 Å². The van der Waals surface area contributed by atoms with E-state index >= 15 is 0 Å². The van der Waals surface area contributed by atoms with E-state index in [2.05, 4.69) is 18.7 Å². The van der Waals surface area contributed by atoms with Crippen molar-refractivity contribution in [2.75, 3.05) is 31.1 Å². The van der Waals surface area contributed by atoms with Crippen LogP contribution in [0.1, 0.15) is 51.3 Å². The van der Waals surface area contributed by atoms with Gasteiger partial charge in [0, 0.05) is 62.0 Å². The molecule has 5 rings (SSSR count). The number of Topliss-reactive ketones (excluding diaryl/α,β-unsaturated/α-hetero) is 1. The Morgan fingerprint density at radius 3 is 2.55 bits per heavy atom. The fraction of sp³-hybridized carbons (Fsp3) is 0.538. The number of halogens is 1. The van der Waals surface area contributed by atoms with Crippen LogP contribution in [-0.2, 0) is 21.4 Å². The van der Waals surface area contributed by atoms with Crippen molar-refractivity contribution in [1.82, 2.24) is 14.9 Å². The molecule has 174 valence electrons. The fourth-order valence-electron chi connectivity index (χ4n) is 6.15. The third kappa shape index (κ3) is 3.62. The van der Waals surface area contributed by atoms with Crippen molar-refractivity contribution in [2.24, 2.45) is 11.8 Å². The summed E-state index contributed by atoms with van der Waals surface area (Å²) < 4.78 is 14.9. The van der Waals surface area contributed by atoms with Gasteiger partial charge < -0.3 is 9.80 Å². The van der Waals surface area contributed by atoms with Crippen molar-refractivity contribution in [3.8, 4) is 11.3 Å². The number of amides is 1. The van der Waals surface area contributed by atoms with Crippen molar-refractivity contribution in [3.63, 3.8) is 0 Å². The van der Waals surface area contributed by atoms with E-state index in [-0.39, 0.29) is 29.0 Å². The van der Waals surface area contributed by atoms with E-state index < -0.39 is 0 Å². The molecule has 33 heavy (non-hydrogen) atoms. The Bertz CT molecular complexity index is 1110. The molecule has 1 aromatic carbocycles. The molecule has 2 aliphatic carbocycles. The lowest BCUT2D eigenvalue weighted by molar-refractivity contribution is -0.129. The minimum Gasteiger partial charge on any atom is -0.339 e. The largest absolute Gasteiger partial charge is 0.339 e. The molecule has 0 unspecified atom stereocenters. The van der Waals surface area contributed by atoms with Crippen LogP contribution in [0.4, 0.5) is 10.3 Å². The third-order valence-electron chi connectivity index (χ3n) is 8.20. The van der Waals surface area contributed by atoms with E-state index in [9.17, 15) is 14.0 Å². The van der Waals surface area contributed by atoms with Gasteiger partial charge in [-0.15, -0.1) is 0 Å². The standard InChI is InChI=1S/C26H31FN4O2/c1-16-20-9-8-19-23(18-6-4-5-7-21(18)27)28-25(31-14-12-30(13-15-31)17(2)32)29-24(19)26(20,3)11-10-22(16)33/h4-7,16,20H,8-15H2,1-3H3/t16-,20-,26-/m1/s1. The Morgan fingerprint density at radius 1 is 1.12 bits per heavy atom. The molecule has 1 saturated carbocycles. The third-order valence-corrected chi connectivity index (χ3v) is 8.20. The Kier molecular flexibility index (Phi) is 5.46. The lowest BCUT2D eigenvalue weighted by Crippen LogP contribution is -2.50. The first-order chi connectivity index (χ1) is 15.8. The number of anilines is 1. The molecule has 1 aliphatic heterocycles. The van der Waals surface area contributed by atoms with Crippen molar-refractivity contribution >= 4 is 17.6 Å². The Morgan fingerprint density at radius 2 is 1.85 bits per heavy atom. The molecular weight excluding hydrogens is 419 g/mol. The predicted octanol–water partition coefficient (Wildman–Crippen LogP) is 3.77. The quantitative estimate of drug-likeness (QED) is 0.697. The van der Waals surface area contributed by atoms with Crippen LogP contribution < -0.4 is 4.90 Å². The second kappa shape index (κ2) is 8.19. The molecule has 2 heterocycles. The topological polar surface area (TPSA) is 66.4 Å². The maximum absolute atomic E-state index is 14.9. The predicted molar refractivity (Wildman–Crippen MR) is 124 cm³/mol. The van der Waals surface area contributed by atoms with Gasteiger partial charge >= 0.3 is 0 Å². The van der Waals surface area contributed by atoms with Crippen molar-refractivity contribution in [1.29, 1.82) is 0 Å². The number of benzene rings is 1. The first kappa shape index (κ1) is 22.0. The van der Waals surface area contributed by atoms with Gasteiger partial charge in [0.25, 0.3) is 0 Å². The minimum atomic E-state index is -0.287. The van der Waals surface area contributed by atoms with Crippen LogP contribution in [0.3, 0.4) is 0 Å². The molecule has 3 aliphatic rings. The number of piperazine rings is 1. The number of carbonyl (C=O) groups excluding carboxylic acids is 2. The van der Waals surface area contributed by atoms with Crippen molar-refractivity contribution in [3.05, 3.63) is 41.3 Å². The van der Waals surface area contributed by atoms with Gasteiger partial charge in [0.15, 0.2) is 0 Å². The highest BCUT2D eigenvalue weighted by Gasteiger charge is 2.50. The van der Waals surface area contributed by atoms with Crippen LogP contribution in [0.2, 0.25) is 0 Å². The van der Waals surface area contributed by atoms with Gasteiger partial charge in [-0.2, -0.15) is 0 Å². The number of nitrogens with zero attached hydrogens (tertiary/aromatic N) is 4. The lowest BCUT2D eigenvalue weighted by atomic mass is 9.56. The molecule has 1 saturated heterocycles. The molecule has 0 bridgehead atoms. The summed E-state index contributed by atoms with van der Waals surface area (Å²) in [6.07, 6.45) is 2.95. The maximum atomic E-state index is 14.9. The molecule has 1 amide bonds. The number of carbonyl (C=O) groups is 2. The van der Waals surface area contributed by atoms with Gasteiger partial charge in [0.1, 0.15) is 11.6 Å². The van der Waals surface area contributed by atoms with Gasteiger partial charge in [-0.3, -0.25) is 9.59 Å². The van der Waals surface area contributed by atoms with Crippen LogP contribution >= 0.6 is 0 Å². The fourth-order valence-corrected chi connectivity index (χ4v) is 6.15.